The largest absolute Gasteiger partial charge is 0.456 e. The van der Waals surface area contributed by atoms with Gasteiger partial charge in [-0.3, -0.25) is 0 Å². The van der Waals surface area contributed by atoms with Gasteiger partial charge in [-0.2, -0.15) is 0 Å². The Bertz CT molecular complexity index is 4280. The van der Waals surface area contributed by atoms with Gasteiger partial charge in [0.25, 0.3) is 0 Å². The Morgan fingerprint density at radius 3 is 1.72 bits per heavy atom. The number of hydrogen-bond donors (Lipinski definition) is 0. The molecule has 0 aliphatic carbocycles. The topological polar surface area (TPSA) is 34.2 Å². The number of para-hydroxylation sites is 2. The van der Waals surface area contributed by atoms with Crippen LogP contribution in [0, 0.1) is 0 Å². The van der Waals surface area contributed by atoms with Crippen molar-refractivity contribution in [3.05, 3.63) is 249 Å². The minimum Gasteiger partial charge on any atom is -0.456 e. The van der Waals surface area contributed by atoms with Gasteiger partial charge >= 0.3 is 0 Å². The van der Waals surface area contributed by atoms with E-state index in [1.165, 1.54) is 54.5 Å². The summed E-state index contributed by atoms with van der Waals surface area (Å²) in [6.07, 6.45) is 0. The Labute approximate surface area is 398 Å². The van der Waals surface area contributed by atoms with Crippen LogP contribution in [-0.4, -0.2) is 9.55 Å². The van der Waals surface area contributed by atoms with E-state index in [9.17, 15) is 0 Å². The van der Waals surface area contributed by atoms with E-state index < -0.39 is 0 Å². The molecular formula is C65H41N3O. The van der Waals surface area contributed by atoms with E-state index in [4.69, 9.17) is 9.40 Å². The zero-order valence-corrected chi connectivity index (χ0v) is 37.4. The second kappa shape index (κ2) is 15.7. The van der Waals surface area contributed by atoms with E-state index in [2.05, 4.69) is 258 Å². The Balaban J connectivity index is 0.894. The van der Waals surface area contributed by atoms with Crippen LogP contribution in [0.15, 0.2) is 253 Å². The highest BCUT2D eigenvalue weighted by molar-refractivity contribution is 6.22. The standard InChI is InChI=1S/C65H41N3O/c1-3-13-42(14-4-1)43-23-29-50(30-24-43)67(52-33-35-55-58-37-46-16-7-8-17-47(46)39-63(58)69-64(55)40-52)51-31-25-45(26-32-51)60-41-57(54-21-11-12-22-59(54)66-60)48-27-34-56-62(38-48)68(49-18-5-2-6-19-49)61-36-28-44-15-9-10-20-53(44)65(56)61/h1-41H. The van der Waals surface area contributed by atoms with Gasteiger partial charge in [-0.05, 0) is 129 Å². The van der Waals surface area contributed by atoms with Gasteiger partial charge in [0.1, 0.15) is 11.2 Å². The lowest BCUT2D eigenvalue weighted by atomic mass is 9.96. The number of benzene rings is 11. The van der Waals surface area contributed by atoms with Crippen molar-refractivity contribution >= 4 is 93.3 Å². The zero-order valence-electron chi connectivity index (χ0n) is 37.4. The summed E-state index contributed by atoms with van der Waals surface area (Å²) in [7, 11) is 0. The maximum Gasteiger partial charge on any atom is 0.137 e. The number of furan rings is 1. The summed E-state index contributed by atoms with van der Waals surface area (Å²) in [5, 5.41) is 10.7. The fourth-order valence-electron chi connectivity index (χ4n) is 10.6. The van der Waals surface area contributed by atoms with Crippen LogP contribution >= 0.6 is 0 Å². The van der Waals surface area contributed by atoms with Crippen molar-refractivity contribution in [2.75, 3.05) is 4.90 Å². The van der Waals surface area contributed by atoms with Crippen LogP contribution in [0.1, 0.15) is 0 Å². The lowest BCUT2D eigenvalue weighted by Crippen LogP contribution is -2.09. The van der Waals surface area contributed by atoms with Gasteiger partial charge in [-0.1, -0.05) is 158 Å². The van der Waals surface area contributed by atoms with E-state index in [0.29, 0.717) is 0 Å². The molecule has 0 unspecified atom stereocenters. The molecule has 0 radical (unpaired) electrons. The highest BCUT2D eigenvalue weighted by Gasteiger charge is 2.20. The zero-order chi connectivity index (χ0) is 45.4. The van der Waals surface area contributed by atoms with E-state index in [1.54, 1.807) is 0 Å². The van der Waals surface area contributed by atoms with Gasteiger partial charge in [0.2, 0.25) is 0 Å². The lowest BCUT2D eigenvalue weighted by molar-refractivity contribution is 0.669. The lowest BCUT2D eigenvalue weighted by Gasteiger charge is -2.26. The predicted octanol–water partition coefficient (Wildman–Crippen LogP) is 18.0. The summed E-state index contributed by atoms with van der Waals surface area (Å²) >= 11 is 0. The van der Waals surface area contributed by atoms with Gasteiger partial charge in [0.05, 0.1) is 22.2 Å². The summed E-state index contributed by atoms with van der Waals surface area (Å²) in [6, 6.07) is 89.3. The molecule has 3 heterocycles. The summed E-state index contributed by atoms with van der Waals surface area (Å²) in [6.45, 7) is 0. The van der Waals surface area contributed by atoms with Crippen molar-refractivity contribution in [3.8, 4) is 39.2 Å². The number of pyridine rings is 1. The molecule has 322 valence electrons. The summed E-state index contributed by atoms with van der Waals surface area (Å²) < 4.78 is 9.02. The molecule has 3 aromatic heterocycles. The number of nitrogens with zero attached hydrogens (tertiary/aromatic N) is 3. The molecule has 69 heavy (non-hydrogen) atoms. The van der Waals surface area contributed by atoms with Gasteiger partial charge in [0.15, 0.2) is 0 Å². The molecule has 0 aliphatic heterocycles. The smallest absolute Gasteiger partial charge is 0.137 e. The first kappa shape index (κ1) is 39.0. The second-order valence-electron chi connectivity index (χ2n) is 17.9. The maximum absolute atomic E-state index is 6.61. The molecule has 0 N–H and O–H groups in total. The summed E-state index contributed by atoms with van der Waals surface area (Å²) in [5.74, 6) is 0. The monoisotopic (exact) mass is 879 g/mol. The van der Waals surface area contributed by atoms with Crippen LogP contribution in [0.2, 0.25) is 0 Å². The molecule has 4 heteroatoms. The van der Waals surface area contributed by atoms with Crippen molar-refractivity contribution in [2.45, 2.75) is 0 Å². The van der Waals surface area contributed by atoms with Crippen LogP contribution in [0.4, 0.5) is 17.1 Å². The van der Waals surface area contributed by atoms with Gasteiger partial charge in [-0.15, -0.1) is 0 Å². The predicted molar refractivity (Wildman–Crippen MR) is 289 cm³/mol. The van der Waals surface area contributed by atoms with Crippen LogP contribution in [-0.2, 0) is 0 Å². The van der Waals surface area contributed by atoms with Crippen molar-refractivity contribution < 1.29 is 4.42 Å². The highest BCUT2D eigenvalue weighted by Crippen LogP contribution is 2.43. The number of hydrogen-bond acceptors (Lipinski definition) is 3. The van der Waals surface area contributed by atoms with Crippen LogP contribution < -0.4 is 4.90 Å². The molecule has 0 saturated heterocycles. The van der Waals surface area contributed by atoms with Crippen LogP contribution in [0.3, 0.4) is 0 Å². The van der Waals surface area contributed by atoms with Crippen LogP contribution in [0.25, 0.3) is 115 Å². The molecule has 0 amide bonds. The molecular weight excluding hydrogens is 839 g/mol. The molecule has 14 aromatic rings. The first-order chi connectivity index (χ1) is 34.2. The molecule has 4 nitrogen and oxygen atoms in total. The third-order valence-corrected chi connectivity index (χ3v) is 13.9. The molecule has 0 aliphatic rings. The minimum atomic E-state index is 0.851. The number of anilines is 3. The Morgan fingerprint density at radius 1 is 0.348 bits per heavy atom. The molecule has 0 fully saturated rings. The number of rotatable bonds is 7. The summed E-state index contributed by atoms with van der Waals surface area (Å²) in [4.78, 5) is 7.61. The fourth-order valence-corrected chi connectivity index (χ4v) is 10.6. The average molecular weight is 880 g/mol. The molecule has 0 spiro atoms. The second-order valence-corrected chi connectivity index (χ2v) is 17.9. The van der Waals surface area contributed by atoms with Crippen molar-refractivity contribution in [3.63, 3.8) is 0 Å². The van der Waals surface area contributed by atoms with Gasteiger partial charge < -0.3 is 13.9 Å². The Kier molecular flexibility index (Phi) is 8.86. The van der Waals surface area contributed by atoms with Gasteiger partial charge in [-0.25, -0.2) is 4.98 Å². The molecule has 14 rings (SSSR count). The van der Waals surface area contributed by atoms with Crippen LogP contribution in [0.5, 0.6) is 0 Å². The van der Waals surface area contributed by atoms with E-state index in [-0.39, 0.29) is 0 Å². The molecule has 0 atom stereocenters. The third-order valence-electron chi connectivity index (χ3n) is 13.9. The third kappa shape index (κ3) is 6.49. The first-order valence-electron chi connectivity index (χ1n) is 23.5. The van der Waals surface area contributed by atoms with E-state index >= 15 is 0 Å². The highest BCUT2D eigenvalue weighted by atomic mass is 16.3. The van der Waals surface area contributed by atoms with E-state index in [0.717, 1.165) is 78.0 Å². The van der Waals surface area contributed by atoms with Gasteiger partial charge in [0, 0.05) is 61.3 Å². The van der Waals surface area contributed by atoms with Crippen molar-refractivity contribution in [1.82, 2.24) is 9.55 Å². The van der Waals surface area contributed by atoms with Crippen molar-refractivity contribution in [1.29, 1.82) is 0 Å². The van der Waals surface area contributed by atoms with E-state index in [1.807, 2.05) is 0 Å². The molecule has 0 saturated carbocycles. The van der Waals surface area contributed by atoms with Crippen molar-refractivity contribution in [2.24, 2.45) is 0 Å². The maximum atomic E-state index is 6.61. The fraction of sp³-hybridized carbons (Fsp3) is 0. The Morgan fingerprint density at radius 2 is 0.942 bits per heavy atom. The average Bonchev–Trinajstić information content (AvgIpc) is 3.95. The number of fused-ring (bicyclic) bond motifs is 10. The quantitative estimate of drug-likeness (QED) is 0.160. The SMILES string of the molecule is c1ccc(-c2ccc(N(c3ccc(-c4cc(-c5ccc6c7c8ccccc8ccc7n(-c7ccccc7)c6c5)c5ccccc5n4)cc3)c3ccc4c(c3)oc3cc5ccccc5cc34)cc2)cc1. The summed E-state index contributed by atoms with van der Waals surface area (Å²) in [5.41, 5.74) is 15.9. The normalized spacial score (nSPS) is 11.8. The minimum absolute atomic E-state index is 0.851. The Hall–Kier alpha value is -9.25. The first-order valence-corrected chi connectivity index (χ1v) is 23.5. The molecule has 0 bridgehead atoms. The molecule has 11 aromatic carbocycles. The number of aromatic nitrogens is 2.